The average molecular weight is 244 g/mol. The van der Waals surface area contributed by atoms with E-state index in [1.807, 2.05) is 12.1 Å². The third-order valence-electron chi connectivity index (χ3n) is 1.58. The summed E-state index contributed by atoms with van der Waals surface area (Å²) in [5.41, 5.74) is 1.33. The van der Waals surface area contributed by atoms with Crippen molar-refractivity contribution in [2.75, 3.05) is 6.54 Å². The lowest BCUT2D eigenvalue weighted by Gasteiger charge is -1.97. The second-order valence-electron chi connectivity index (χ2n) is 3.12. The van der Waals surface area contributed by atoms with Gasteiger partial charge in [-0.2, -0.15) is 0 Å². The van der Waals surface area contributed by atoms with Crippen molar-refractivity contribution in [1.29, 1.82) is 0 Å². The lowest BCUT2D eigenvalue weighted by atomic mass is 10.3. The highest BCUT2D eigenvalue weighted by Crippen LogP contribution is 2.13. The maximum Gasteiger partial charge on any atom is 0.169 e. The van der Waals surface area contributed by atoms with Crippen LogP contribution in [0.25, 0.3) is 0 Å². The highest BCUT2D eigenvalue weighted by Gasteiger charge is 1.96. The number of allylic oxidation sites excluding steroid dienone is 1. The Bertz CT molecular complexity index is 287. The van der Waals surface area contributed by atoms with Crippen LogP contribution in [0, 0.1) is 0 Å². The van der Waals surface area contributed by atoms with Crippen LogP contribution >= 0.6 is 15.9 Å². The van der Waals surface area contributed by atoms with Gasteiger partial charge >= 0.3 is 0 Å². The zero-order valence-electron chi connectivity index (χ0n) is 7.93. The van der Waals surface area contributed by atoms with Crippen LogP contribution < -0.4 is 5.32 Å². The van der Waals surface area contributed by atoms with Crippen LogP contribution in [0.5, 0.6) is 0 Å². The van der Waals surface area contributed by atoms with Crippen LogP contribution in [-0.4, -0.2) is 6.54 Å². The highest BCUT2D eigenvalue weighted by atomic mass is 79.9. The van der Waals surface area contributed by atoms with Gasteiger partial charge in [0.2, 0.25) is 0 Å². The summed E-state index contributed by atoms with van der Waals surface area (Å²) < 4.78 is 6.11. The Morgan fingerprint density at radius 3 is 2.85 bits per heavy atom. The first-order valence-corrected chi connectivity index (χ1v) is 5.06. The van der Waals surface area contributed by atoms with Gasteiger partial charge < -0.3 is 9.73 Å². The molecule has 0 aromatic carbocycles. The predicted octanol–water partition coefficient (Wildman–Crippen LogP) is 3.10. The lowest BCUT2D eigenvalue weighted by molar-refractivity contribution is 0.471. The molecule has 13 heavy (non-hydrogen) atoms. The Morgan fingerprint density at radius 1 is 1.54 bits per heavy atom. The molecule has 0 aliphatic carbocycles. The van der Waals surface area contributed by atoms with Crippen molar-refractivity contribution in [2.24, 2.45) is 0 Å². The average Bonchev–Trinajstić information content (AvgIpc) is 2.45. The molecule has 2 nitrogen and oxygen atoms in total. The van der Waals surface area contributed by atoms with Crippen molar-refractivity contribution < 1.29 is 4.42 Å². The topological polar surface area (TPSA) is 25.2 Å². The molecule has 3 heteroatoms. The first-order chi connectivity index (χ1) is 6.18. The zero-order chi connectivity index (χ0) is 9.68. The molecule has 72 valence electrons. The Morgan fingerprint density at radius 2 is 2.31 bits per heavy atom. The molecule has 0 unspecified atom stereocenters. The molecule has 0 amide bonds. The molecule has 0 aliphatic heterocycles. The molecule has 0 spiro atoms. The summed E-state index contributed by atoms with van der Waals surface area (Å²) in [6.07, 6.45) is 2.15. The predicted molar refractivity (Wildman–Crippen MR) is 57.5 cm³/mol. The quantitative estimate of drug-likeness (QED) is 0.650. The van der Waals surface area contributed by atoms with Crippen LogP contribution in [-0.2, 0) is 6.54 Å². The van der Waals surface area contributed by atoms with Gasteiger partial charge in [0.15, 0.2) is 4.67 Å². The van der Waals surface area contributed by atoms with Gasteiger partial charge in [-0.05, 0) is 41.9 Å². The second kappa shape index (κ2) is 5.25. The van der Waals surface area contributed by atoms with Gasteiger partial charge in [0.05, 0.1) is 6.54 Å². The molecule has 0 saturated carbocycles. The molecule has 1 N–H and O–H groups in total. The molecule has 0 fully saturated rings. The van der Waals surface area contributed by atoms with Crippen LogP contribution in [0.3, 0.4) is 0 Å². The third-order valence-corrected chi connectivity index (χ3v) is 2.01. The van der Waals surface area contributed by atoms with E-state index in [9.17, 15) is 0 Å². The van der Waals surface area contributed by atoms with Crippen molar-refractivity contribution in [3.8, 4) is 0 Å². The van der Waals surface area contributed by atoms with E-state index in [1.165, 1.54) is 5.57 Å². The third kappa shape index (κ3) is 4.29. The Labute approximate surface area is 87.1 Å². The fourth-order valence-corrected chi connectivity index (χ4v) is 1.26. The van der Waals surface area contributed by atoms with E-state index in [0.717, 1.165) is 23.5 Å². The van der Waals surface area contributed by atoms with Crippen LogP contribution in [0.2, 0.25) is 0 Å². The van der Waals surface area contributed by atoms with E-state index in [4.69, 9.17) is 4.42 Å². The fourth-order valence-electron chi connectivity index (χ4n) is 0.918. The summed E-state index contributed by atoms with van der Waals surface area (Å²) in [5, 5.41) is 3.26. The first-order valence-electron chi connectivity index (χ1n) is 4.27. The van der Waals surface area contributed by atoms with E-state index in [1.54, 1.807) is 0 Å². The molecule has 1 aromatic rings. The molecule has 1 rings (SSSR count). The van der Waals surface area contributed by atoms with Crippen molar-refractivity contribution in [3.05, 3.63) is 34.2 Å². The van der Waals surface area contributed by atoms with Crippen molar-refractivity contribution >= 4 is 15.9 Å². The van der Waals surface area contributed by atoms with Gasteiger partial charge in [-0.25, -0.2) is 0 Å². The molecule has 0 saturated heterocycles. The number of furan rings is 1. The minimum atomic E-state index is 0.773. The van der Waals surface area contributed by atoms with Crippen LogP contribution in [0.15, 0.2) is 32.9 Å². The molecule has 0 atom stereocenters. The standard InChI is InChI=1S/C10H14BrNO/c1-8(2)5-6-12-7-9-3-4-10(11)13-9/h3-5,12H,6-7H2,1-2H3. The summed E-state index contributed by atoms with van der Waals surface area (Å²) in [5.74, 6) is 0.953. The van der Waals surface area contributed by atoms with Crippen LogP contribution in [0.1, 0.15) is 19.6 Å². The van der Waals surface area contributed by atoms with Gasteiger partial charge in [0.1, 0.15) is 5.76 Å². The van der Waals surface area contributed by atoms with Crippen LogP contribution in [0.4, 0.5) is 0 Å². The minimum absolute atomic E-state index is 0.773. The number of hydrogen-bond acceptors (Lipinski definition) is 2. The van der Waals surface area contributed by atoms with E-state index >= 15 is 0 Å². The zero-order valence-corrected chi connectivity index (χ0v) is 9.52. The maximum atomic E-state index is 5.32. The highest BCUT2D eigenvalue weighted by molar-refractivity contribution is 9.10. The smallest absolute Gasteiger partial charge is 0.169 e. The van der Waals surface area contributed by atoms with Crippen molar-refractivity contribution in [3.63, 3.8) is 0 Å². The molecule has 1 aromatic heterocycles. The first kappa shape index (κ1) is 10.5. The Kier molecular flexibility index (Phi) is 4.25. The minimum Gasteiger partial charge on any atom is -0.453 e. The molecule has 1 heterocycles. The van der Waals surface area contributed by atoms with Gasteiger partial charge in [-0.1, -0.05) is 11.6 Å². The maximum absolute atomic E-state index is 5.32. The molecular weight excluding hydrogens is 230 g/mol. The summed E-state index contributed by atoms with van der Waals surface area (Å²) in [6, 6.07) is 3.86. The lowest BCUT2D eigenvalue weighted by Crippen LogP contribution is -2.12. The van der Waals surface area contributed by atoms with Gasteiger partial charge in [0, 0.05) is 6.54 Å². The summed E-state index contributed by atoms with van der Waals surface area (Å²) in [4.78, 5) is 0. The number of nitrogens with one attached hydrogen (secondary N) is 1. The van der Waals surface area contributed by atoms with Gasteiger partial charge in [-0.15, -0.1) is 0 Å². The normalized spacial score (nSPS) is 10.1. The molecule has 0 radical (unpaired) electrons. The Balaban J connectivity index is 2.24. The Hall–Kier alpha value is -0.540. The largest absolute Gasteiger partial charge is 0.453 e. The second-order valence-corrected chi connectivity index (χ2v) is 3.90. The van der Waals surface area contributed by atoms with E-state index < -0.39 is 0 Å². The molecule has 0 bridgehead atoms. The van der Waals surface area contributed by atoms with E-state index in [0.29, 0.717) is 0 Å². The summed E-state index contributed by atoms with van der Waals surface area (Å²) in [6.45, 7) is 5.84. The van der Waals surface area contributed by atoms with Crippen molar-refractivity contribution in [1.82, 2.24) is 5.32 Å². The van der Waals surface area contributed by atoms with Crippen molar-refractivity contribution in [2.45, 2.75) is 20.4 Å². The SMILES string of the molecule is CC(C)=CCNCc1ccc(Br)o1. The molecule has 0 aliphatic rings. The monoisotopic (exact) mass is 243 g/mol. The van der Waals surface area contributed by atoms with Gasteiger partial charge in [-0.3, -0.25) is 0 Å². The molecular formula is C10H14BrNO. The van der Waals surface area contributed by atoms with E-state index in [2.05, 4.69) is 41.2 Å². The number of rotatable bonds is 4. The number of halogens is 1. The number of hydrogen-bond donors (Lipinski definition) is 1. The summed E-state index contributed by atoms with van der Waals surface area (Å²) in [7, 11) is 0. The summed E-state index contributed by atoms with van der Waals surface area (Å²) >= 11 is 3.26. The van der Waals surface area contributed by atoms with Gasteiger partial charge in [0.25, 0.3) is 0 Å². The fraction of sp³-hybridized carbons (Fsp3) is 0.400. The van der Waals surface area contributed by atoms with E-state index in [-0.39, 0.29) is 0 Å².